The number of para-hydroxylation sites is 1. The molecular formula is C26H32ClN5O2. The molecule has 5 rings (SSSR count). The maximum Gasteiger partial charge on any atom is 0.434 e. The third kappa shape index (κ3) is 4.69. The molecule has 1 aliphatic carbocycles. The molecule has 0 spiro atoms. The lowest BCUT2D eigenvalue weighted by Gasteiger charge is -2.46. The summed E-state index contributed by atoms with van der Waals surface area (Å²) in [4.78, 5) is 17.4. The molecular weight excluding hydrogens is 450 g/mol. The lowest BCUT2D eigenvalue weighted by Crippen LogP contribution is -2.48. The summed E-state index contributed by atoms with van der Waals surface area (Å²) >= 11 is 0. The van der Waals surface area contributed by atoms with Gasteiger partial charge >= 0.3 is 5.76 Å². The van der Waals surface area contributed by atoms with Crippen molar-refractivity contribution in [2.24, 2.45) is 0 Å². The molecule has 2 aromatic carbocycles. The number of aromatic nitrogens is 3. The Morgan fingerprint density at radius 2 is 1.82 bits per heavy atom. The Bertz CT molecular complexity index is 1250. The maximum absolute atomic E-state index is 11.7. The first kappa shape index (κ1) is 24.3. The first-order valence-corrected chi connectivity index (χ1v) is 11.6. The fourth-order valence-corrected chi connectivity index (χ4v) is 5.42. The van der Waals surface area contributed by atoms with Crippen LogP contribution < -0.4 is 11.1 Å². The Labute approximate surface area is 205 Å². The number of fused-ring (bicyclic) bond motifs is 1. The standard InChI is InChI=1S/C26H31N5O2.ClH/c1-31(2)26(19-8-4-3-5-9-19)14-12-20(13-15-26)28-23(24-29-30-25(32)33-24)16-18-17-27-22-11-7-6-10-21(18)22;/h3-11,17,20,23,27-28H,12-16H2,1-2H3,(H,30,32);1H/t20?,23-,26?;/m0./s1. The van der Waals surface area contributed by atoms with Gasteiger partial charge in [0.1, 0.15) is 0 Å². The summed E-state index contributed by atoms with van der Waals surface area (Å²) in [6, 6.07) is 19.2. The van der Waals surface area contributed by atoms with Crippen molar-refractivity contribution in [1.82, 2.24) is 25.4 Å². The summed E-state index contributed by atoms with van der Waals surface area (Å²) in [6.45, 7) is 0. The van der Waals surface area contributed by atoms with Crippen LogP contribution in [0.25, 0.3) is 10.9 Å². The highest BCUT2D eigenvalue weighted by molar-refractivity contribution is 5.85. The summed E-state index contributed by atoms with van der Waals surface area (Å²) < 4.78 is 5.39. The quantitative estimate of drug-likeness (QED) is 0.360. The second-order valence-corrected chi connectivity index (χ2v) is 9.30. The zero-order chi connectivity index (χ0) is 22.8. The molecule has 34 heavy (non-hydrogen) atoms. The van der Waals surface area contributed by atoms with Gasteiger partial charge in [-0.05, 0) is 63.4 Å². The van der Waals surface area contributed by atoms with Gasteiger partial charge in [0.05, 0.1) is 6.04 Å². The van der Waals surface area contributed by atoms with Gasteiger partial charge in [-0.3, -0.25) is 4.90 Å². The predicted octanol–water partition coefficient (Wildman–Crippen LogP) is 4.54. The minimum Gasteiger partial charge on any atom is -0.391 e. The van der Waals surface area contributed by atoms with Crippen molar-refractivity contribution in [3.8, 4) is 0 Å². The molecule has 4 aromatic rings. The Hall–Kier alpha value is -2.87. The highest BCUT2D eigenvalue weighted by atomic mass is 35.5. The zero-order valence-corrected chi connectivity index (χ0v) is 20.4. The van der Waals surface area contributed by atoms with Crippen molar-refractivity contribution in [1.29, 1.82) is 0 Å². The van der Waals surface area contributed by atoms with Gasteiger partial charge < -0.3 is 14.7 Å². The van der Waals surface area contributed by atoms with E-state index < -0.39 is 5.76 Å². The third-order valence-electron chi connectivity index (χ3n) is 7.27. The molecule has 0 aliphatic heterocycles. The molecule has 8 heteroatoms. The summed E-state index contributed by atoms with van der Waals surface area (Å²) in [5.41, 5.74) is 3.70. The number of aromatic amines is 2. The third-order valence-corrected chi connectivity index (χ3v) is 7.27. The van der Waals surface area contributed by atoms with Crippen LogP contribution in [-0.4, -0.2) is 40.2 Å². The maximum atomic E-state index is 11.7. The van der Waals surface area contributed by atoms with Crippen molar-refractivity contribution in [3.05, 3.63) is 88.4 Å². The van der Waals surface area contributed by atoms with Gasteiger partial charge in [0.25, 0.3) is 0 Å². The molecule has 0 bridgehead atoms. The monoisotopic (exact) mass is 481 g/mol. The van der Waals surface area contributed by atoms with Crippen LogP contribution in [-0.2, 0) is 12.0 Å². The number of H-pyrrole nitrogens is 2. The van der Waals surface area contributed by atoms with Crippen LogP contribution in [0.15, 0.2) is 70.0 Å². The van der Waals surface area contributed by atoms with Gasteiger partial charge in [-0.25, -0.2) is 9.89 Å². The van der Waals surface area contributed by atoms with Crippen LogP contribution in [0.1, 0.15) is 48.7 Å². The summed E-state index contributed by atoms with van der Waals surface area (Å²) in [7, 11) is 4.36. The van der Waals surface area contributed by atoms with E-state index in [1.165, 1.54) is 16.5 Å². The number of hydrogen-bond donors (Lipinski definition) is 3. The summed E-state index contributed by atoms with van der Waals surface area (Å²) in [6.07, 6.45) is 6.92. The molecule has 1 atom stereocenters. The molecule has 2 aromatic heterocycles. The molecule has 1 fully saturated rings. The number of nitrogens with zero attached hydrogens (tertiary/aromatic N) is 2. The molecule has 0 radical (unpaired) electrons. The SMILES string of the molecule is CN(C)C1(c2ccccc2)CCC(N[C@@H](Cc2c[nH]c3ccccc23)c2n[nH]c(=O)o2)CC1.Cl. The van der Waals surface area contributed by atoms with E-state index in [2.05, 4.69) is 82.0 Å². The average molecular weight is 482 g/mol. The molecule has 3 N–H and O–H groups in total. The largest absolute Gasteiger partial charge is 0.434 e. The number of benzene rings is 2. The van der Waals surface area contributed by atoms with E-state index >= 15 is 0 Å². The van der Waals surface area contributed by atoms with Crippen molar-refractivity contribution >= 4 is 23.3 Å². The fourth-order valence-electron chi connectivity index (χ4n) is 5.42. The van der Waals surface area contributed by atoms with Gasteiger partial charge in [-0.1, -0.05) is 48.5 Å². The van der Waals surface area contributed by atoms with Gasteiger partial charge in [-0.15, -0.1) is 17.5 Å². The average Bonchev–Trinajstić information content (AvgIpc) is 3.46. The fraction of sp³-hybridized carbons (Fsp3) is 0.385. The van der Waals surface area contributed by atoms with Gasteiger partial charge in [0.2, 0.25) is 5.89 Å². The smallest absolute Gasteiger partial charge is 0.391 e. The van der Waals surface area contributed by atoms with Crippen LogP contribution in [0.4, 0.5) is 0 Å². The molecule has 1 aliphatic rings. The van der Waals surface area contributed by atoms with Gasteiger partial charge in [0.15, 0.2) is 0 Å². The Balaban J connectivity index is 0.00000274. The van der Waals surface area contributed by atoms with Crippen LogP contribution in [0, 0.1) is 0 Å². The van der Waals surface area contributed by atoms with Crippen molar-refractivity contribution in [2.45, 2.75) is 49.7 Å². The van der Waals surface area contributed by atoms with E-state index in [4.69, 9.17) is 4.42 Å². The Morgan fingerprint density at radius 1 is 1.12 bits per heavy atom. The first-order valence-electron chi connectivity index (χ1n) is 11.6. The number of nitrogens with one attached hydrogen (secondary N) is 3. The van der Waals surface area contributed by atoms with Crippen molar-refractivity contribution < 1.29 is 4.42 Å². The topological polar surface area (TPSA) is 90.0 Å². The molecule has 0 amide bonds. The highest BCUT2D eigenvalue weighted by Gasteiger charge is 2.39. The Morgan fingerprint density at radius 3 is 2.50 bits per heavy atom. The molecule has 1 saturated carbocycles. The number of rotatable bonds is 7. The minimum absolute atomic E-state index is 0. The number of halogens is 1. The molecule has 180 valence electrons. The molecule has 0 saturated heterocycles. The normalized spacial score (nSPS) is 21.4. The lowest BCUT2D eigenvalue weighted by atomic mass is 9.74. The van der Waals surface area contributed by atoms with E-state index in [9.17, 15) is 4.79 Å². The first-order chi connectivity index (χ1) is 16.0. The van der Waals surface area contributed by atoms with E-state index in [-0.39, 0.29) is 24.0 Å². The van der Waals surface area contributed by atoms with Crippen molar-refractivity contribution in [2.75, 3.05) is 14.1 Å². The van der Waals surface area contributed by atoms with E-state index in [0.717, 1.165) is 31.2 Å². The highest BCUT2D eigenvalue weighted by Crippen LogP contribution is 2.41. The second-order valence-electron chi connectivity index (χ2n) is 9.30. The van der Waals surface area contributed by atoms with Crippen LogP contribution in [0.2, 0.25) is 0 Å². The predicted molar refractivity (Wildman–Crippen MR) is 136 cm³/mol. The van der Waals surface area contributed by atoms with Crippen LogP contribution >= 0.6 is 12.4 Å². The summed E-state index contributed by atoms with van der Waals surface area (Å²) in [5.74, 6) is -0.104. The molecule has 2 heterocycles. The Kier molecular flexibility index (Phi) is 7.26. The van der Waals surface area contributed by atoms with Crippen LogP contribution in [0.5, 0.6) is 0 Å². The summed E-state index contributed by atoms with van der Waals surface area (Å²) in [5, 5.41) is 11.5. The van der Waals surface area contributed by atoms with E-state index in [0.29, 0.717) is 18.4 Å². The van der Waals surface area contributed by atoms with E-state index in [1.54, 1.807) is 0 Å². The van der Waals surface area contributed by atoms with Crippen LogP contribution in [0.3, 0.4) is 0 Å². The van der Waals surface area contributed by atoms with Gasteiger partial charge in [-0.2, -0.15) is 0 Å². The zero-order valence-electron chi connectivity index (χ0n) is 19.6. The minimum atomic E-state index is -0.518. The van der Waals surface area contributed by atoms with Gasteiger partial charge in [0, 0.05) is 28.7 Å². The van der Waals surface area contributed by atoms with E-state index in [1.807, 2.05) is 18.3 Å². The number of hydrogen-bond acceptors (Lipinski definition) is 5. The molecule has 7 nitrogen and oxygen atoms in total. The lowest BCUT2D eigenvalue weighted by molar-refractivity contribution is 0.0823. The second kappa shape index (κ2) is 10.2. The van der Waals surface area contributed by atoms with Crippen molar-refractivity contribution in [3.63, 3.8) is 0 Å². The molecule has 0 unspecified atom stereocenters.